The summed E-state index contributed by atoms with van der Waals surface area (Å²) in [4.78, 5) is 3.81. The van der Waals surface area contributed by atoms with E-state index in [1.807, 2.05) is 0 Å². The number of hydrogen-bond donors (Lipinski definition) is 0. The molecule has 0 amide bonds. The van der Waals surface area contributed by atoms with E-state index in [-0.39, 0.29) is 11.0 Å². The zero-order valence-corrected chi connectivity index (χ0v) is 17.8. The number of anilines is 1. The second kappa shape index (κ2) is 6.68. The van der Waals surface area contributed by atoms with Crippen LogP contribution >= 0.6 is 12.2 Å². The van der Waals surface area contributed by atoms with E-state index in [1.54, 1.807) is 0 Å². The number of hydrogen-bond acceptors (Lipinski definition) is 1. The Morgan fingerprint density at radius 3 is 1.92 bits per heavy atom. The van der Waals surface area contributed by atoms with E-state index in [0.717, 1.165) is 0 Å². The van der Waals surface area contributed by atoms with Gasteiger partial charge in [-0.25, -0.2) is 0 Å². The van der Waals surface area contributed by atoms with Crippen LogP contribution in [0.4, 0.5) is 5.69 Å². The number of para-hydroxylation sites is 1. The first-order valence-corrected chi connectivity index (χ1v) is 10.6. The molecular weight excluding hydrogens is 322 g/mol. The van der Waals surface area contributed by atoms with Gasteiger partial charge in [0.15, 0.2) is 0 Å². The van der Waals surface area contributed by atoms with Crippen LogP contribution in [0.3, 0.4) is 0 Å². The topological polar surface area (TPSA) is 3.24 Å². The van der Waals surface area contributed by atoms with Gasteiger partial charge < -0.3 is 4.90 Å². The summed E-state index contributed by atoms with van der Waals surface area (Å²) in [6.07, 6.45) is 7.84. The standard InChI is InChI=1S/C23H35NS/c1-16(2)18-11-10-12-19(17(3)4)20(18)24-21(25)23(15-22(24,5)6)13-8-7-9-14-23/h10-12,16-17H,7-9,13-15H2,1-6H3. The summed E-state index contributed by atoms with van der Waals surface area (Å²) in [5.41, 5.74) is 4.69. The van der Waals surface area contributed by atoms with Crippen LogP contribution in [0.2, 0.25) is 0 Å². The Kier molecular flexibility index (Phi) is 5.05. The highest BCUT2D eigenvalue weighted by molar-refractivity contribution is 7.80. The van der Waals surface area contributed by atoms with Gasteiger partial charge in [0.25, 0.3) is 0 Å². The summed E-state index contributed by atoms with van der Waals surface area (Å²) in [7, 11) is 0. The molecule has 1 spiro atoms. The fourth-order valence-corrected chi connectivity index (χ4v) is 5.90. The molecule has 138 valence electrons. The van der Waals surface area contributed by atoms with Crippen LogP contribution in [-0.4, -0.2) is 10.5 Å². The van der Waals surface area contributed by atoms with Gasteiger partial charge in [-0.15, -0.1) is 0 Å². The largest absolute Gasteiger partial charge is 0.329 e. The van der Waals surface area contributed by atoms with Crippen molar-refractivity contribution in [3.05, 3.63) is 29.3 Å². The van der Waals surface area contributed by atoms with E-state index < -0.39 is 0 Å². The zero-order chi connectivity index (χ0) is 18.4. The Labute approximate surface area is 160 Å². The minimum Gasteiger partial charge on any atom is -0.329 e. The molecule has 1 nitrogen and oxygen atoms in total. The average Bonchev–Trinajstić information content (AvgIpc) is 2.72. The summed E-state index contributed by atoms with van der Waals surface area (Å²) < 4.78 is 0. The smallest absolute Gasteiger partial charge is 0.0892 e. The van der Waals surface area contributed by atoms with Crippen LogP contribution in [0.25, 0.3) is 0 Å². The second-order valence-electron chi connectivity index (χ2n) is 9.57. The summed E-state index contributed by atoms with van der Waals surface area (Å²) in [5, 5.41) is 0. The van der Waals surface area contributed by atoms with Gasteiger partial charge in [0.2, 0.25) is 0 Å². The molecule has 2 aliphatic rings. The van der Waals surface area contributed by atoms with Gasteiger partial charge in [0.1, 0.15) is 0 Å². The summed E-state index contributed by atoms with van der Waals surface area (Å²) >= 11 is 6.22. The molecular formula is C23H35NS. The van der Waals surface area contributed by atoms with Gasteiger partial charge in [-0.3, -0.25) is 0 Å². The van der Waals surface area contributed by atoms with Crippen LogP contribution in [0.5, 0.6) is 0 Å². The lowest BCUT2D eigenvalue weighted by Gasteiger charge is -2.38. The molecule has 1 heterocycles. The Hall–Kier alpha value is -0.890. The van der Waals surface area contributed by atoms with Crippen molar-refractivity contribution in [3.8, 4) is 0 Å². The minimum atomic E-state index is 0.100. The Morgan fingerprint density at radius 1 is 0.920 bits per heavy atom. The Balaban J connectivity index is 2.16. The van der Waals surface area contributed by atoms with Crippen LogP contribution in [-0.2, 0) is 0 Å². The highest BCUT2D eigenvalue weighted by atomic mass is 32.1. The molecule has 0 N–H and O–H groups in total. The fourth-order valence-electron chi connectivity index (χ4n) is 5.29. The van der Waals surface area contributed by atoms with Gasteiger partial charge in [0.05, 0.1) is 4.99 Å². The number of thiocarbonyl (C=S) groups is 1. The number of rotatable bonds is 3. The minimum absolute atomic E-state index is 0.100. The monoisotopic (exact) mass is 357 g/mol. The van der Waals surface area contributed by atoms with E-state index >= 15 is 0 Å². The van der Waals surface area contributed by atoms with Crippen LogP contribution in [0, 0.1) is 5.41 Å². The Morgan fingerprint density at radius 2 is 1.44 bits per heavy atom. The van der Waals surface area contributed by atoms with Crippen molar-refractivity contribution in [1.29, 1.82) is 0 Å². The first-order valence-electron chi connectivity index (χ1n) is 10.2. The first-order chi connectivity index (χ1) is 11.7. The highest BCUT2D eigenvalue weighted by Gasteiger charge is 2.53. The van der Waals surface area contributed by atoms with Gasteiger partial charge in [-0.1, -0.05) is 77.4 Å². The molecule has 1 aliphatic carbocycles. The van der Waals surface area contributed by atoms with E-state index in [9.17, 15) is 0 Å². The van der Waals surface area contributed by atoms with Crippen molar-refractivity contribution in [2.75, 3.05) is 4.90 Å². The maximum absolute atomic E-state index is 6.22. The van der Waals surface area contributed by atoms with E-state index in [0.29, 0.717) is 11.8 Å². The molecule has 0 radical (unpaired) electrons. The summed E-state index contributed by atoms with van der Waals surface area (Å²) in [6, 6.07) is 6.86. The predicted octanol–water partition coefficient (Wildman–Crippen LogP) is 7.20. The normalized spacial score (nSPS) is 22.4. The van der Waals surface area contributed by atoms with Crippen LogP contribution in [0.15, 0.2) is 18.2 Å². The molecule has 1 saturated carbocycles. The third-order valence-corrected chi connectivity index (χ3v) is 7.03. The van der Waals surface area contributed by atoms with E-state index in [2.05, 4.69) is 64.6 Å². The molecule has 1 aromatic rings. The maximum atomic E-state index is 6.22. The SMILES string of the molecule is CC(C)c1cccc(C(C)C)c1N1C(=S)C2(CCCCC2)CC1(C)C. The predicted molar refractivity (Wildman–Crippen MR) is 114 cm³/mol. The van der Waals surface area contributed by atoms with Crippen LogP contribution in [0.1, 0.15) is 103 Å². The van der Waals surface area contributed by atoms with Gasteiger partial charge in [-0.2, -0.15) is 0 Å². The molecule has 0 atom stereocenters. The molecule has 2 heteroatoms. The zero-order valence-electron chi connectivity index (χ0n) is 17.0. The van der Waals surface area contributed by atoms with E-state index in [1.165, 1.54) is 60.3 Å². The molecule has 3 rings (SSSR count). The van der Waals surface area contributed by atoms with Crippen molar-refractivity contribution < 1.29 is 0 Å². The lowest BCUT2D eigenvalue weighted by molar-refractivity contribution is 0.255. The van der Waals surface area contributed by atoms with Crippen molar-refractivity contribution >= 4 is 22.9 Å². The first kappa shape index (κ1) is 18.9. The molecule has 1 aliphatic heterocycles. The van der Waals surface area contributed by atoms with Crippen molar-refractivity contribution in [3.63, 3.8) is 0 Å². The number of nitrogens with zero attached hydrogens (tertiary/aromatic N) is 1. The van der Waals surface area contributed by atoms with Gasteiger partial charge in [-0.05, 0) is 56.1 Å². The number of benzene rings is 1. The lowest BCUT2D eigenvalue weighted by Crippen LogP contribution is -2.42. The highest BCUT2D eigenvalue weighted by Crippen LogP contribution is 2.55. The van der Waals surface area contributed by atoms with Crippen molar-refractivity contribution in [1.82, 2.24) is 0 Å². The Bertz CT molecular complexity index is 624. The van der Waals surface area contributed by atoms with Crippen LogP contribution < -0.4 is 4.90 Å². The average molecular weight is 358 g/mol. The van der Waals surface area contributed by atoms with Gasteiger partial charge in [0, 0.05) is 16.6 Å². The molecule has 0 aromatic heterocycles. The maximum Gasteiger partial charge on any atom is 0.0892 e. The molecule has 2 fully saturated rings. The second-order valence-corrected chi connectivity index (χ2v) is 9.95. The quantitative estimate of drug-likeness (QED) is 0.526. The third kappa shape index (κ3) is 3.16. The molecule has 1 saturated heterocycles. The van der Waals surface area contributed by atoms with E-state index in [4.69, 9.17) is 12.2 Å². The fraction of sp³-hybridized carbons (Fsp3) is 0.696. The third-order valence-electron chi connectivity index (χ3n) is 6.41. The molecule has 0 bridgehead atoms. The molecule has 25 heavy (non-hydrogen) atoms. The van der Waals surface area contributed by atoms with Gasteiger partial charge >= 0.3 is 0 Å². The molecule has 1 aromatic carbocycles. The van der Waals surface area contributed by atoms with Crippen molar-refractivity contribution in [2.24, 2.45) is 5.41 Å². The van der Waals surface area contributed by atoms with Crippen molar-refractivity contribution in [2.45, 2.75) is 97.4 Å². The summed E-state index contributed by atoms with van der Waals surface area (Å²) in [5.74, 6) is 1.02. The summed E-state index contributed by atoms with van der Waals surface area (Å²) in [6.45, 7) is 14.1. The molecule has 0 unspecified atom stereocenters. The lowest BCUT2D eigenvalue weighted by atomic mass is 9.71.